The number of fused-ring (bicyclic) bond motifs is 2. The van der Waals surface area contributed by atoms with E-state index in [1.54, 1.807) is 6.92 Å². The number of carbonyl (C=O) groups excluding carboxylic acids is 2. The number of aromatic nitrogens is 2. The van der Waals surface area contributed by atoms with Crippen LogP contribution in [-0.2, 0) is 11.2 Å². The highest BCUT2D eigenvalue weighted by Crippen LogP contribution is 2.39. The van der Waals surface area contributed by atoms with Gasteiger partial charge >= 0.3 is 5.97 Å². The van der Waals surface area contributed by atoms with E-state index < -0.39 is 5.97 Å². The van der Waals surface area contributed by atoms with Crippen molar-refractivity contribution in [3.63, 3.8) is 0 Å². The fraction of sp³-hybridized carbons (Fsp3) is 0.207. The maximum absolute atomic E-state index is 13.5. The molecule has 0 saturated heterocycles. The quantitative estimate of drug-likeness (QED) is 0.229. The molecule has 0 radical (unpaired) electrons. The minimum absolute atomic E-state index is 0.196. The normalized spacial score (nSPS) is 12.2. The second kappa shape index (κ2) is 10.2. The smallest absolute Gasteiger partial charge is 0.341 e. The van der Waals surface area contributed by atoms with Crippen molar-refractivity contribution >= 4 is 49.8 Å². The number of hydrogen-bond acceptors (Lipinski definition) is 8. The van der Waals surface area contributed by atoms with Crippen LogP contribution >= 0.6 is 22.7 Å². The zero-order valence-corrected chi connectivity index (χ0v) is 23.2. The average Bonchev–Trinajstić information content (AvgIpc) is 3.70. The van der Waals surface area contributed by atoms with E-state index in [2.05, 4.69) is 10.4 Å². The largest absolute Gasteiger partial charge is 0.462 e. The van der Waals surface area contributed by atoms with E-state index in [0.29, 0.717) is 33.4 Å². The second-order valence-electron chi connectivity index (χ2n) is 9.04. The van der Waals surface area contributed by atoms with Gasteiger partial charge in [-0.2, -0.15) is 5.10 Å². The molecule has 10 heteroatoms. The topological polar surface area (TPSA) is 91.7 Å². The first-order chi connectivity index (χ1) is 18.9. The summed E-state index contributed by atoms with van der Waals surface area (Å²) in [4.78, 5) is 28.9. The fourth-order valence-electron chi connectivity index (χ4n) is 4.62. The van der Waals surface area contributed by atoms with Gasteiger partial charge in [0.2, 0.25) is 6.79 Å². The molecule has 6 rings (SSSR count). The van der Waals surface area contributed by atoms with Crippen LogP contribution in [0.5, 0.6) is 11.5 Å². The van der Waals surface area contributed by atoms with E-state index in [4.69, 9.17) is 14.2 Å². The average molecular weight is 560 g/mol. The molecular weight excluding hydrogens is 534 g/mol. The summed E-state index contributed by atoms with van der Waals surface area (Å²) in [5.41, 5.74) is 3.94. The summed E-state index contributed by atoms with van der Waals surface area (Å²) >= 11 is 2.74. The molecule has 1 aliphatic heterocycles. The van der Waals surface area contributed by atoms with Crippen molar-refractivity contribution in [2.45, 2.75) is 27.2 Å². The number of thiophene rings is 2. The molecule has 0 bridgehead atoms. The van der Waals surface area contributed by atoms with Gasteiger partial charge in [-0.1, -0.05) is 24.3 Å². The van der Waals surface area contributed by atoms with E-state index in [-0.39, 0.29) is 19.3 Å². The van der Waals surface area contributed by atoms with Crippen LogP contribution in [0.1, 0.15) is 48.7 Å². The summed E-state index contributed by atoms with van der Waals surface area (Å²) in [7, 11) is 0. The first-order valence-corrected chi connectivity index (χ1v) is 14.1. The van der Waals surface area contributed by atoms with E-state index in [1.165, 1.54) is 22.7 Å². The molecule has 0 unspecified atom stereocenters. The van der Waals surface area contributed by atoms with Gasteiger partial charge in [-0.3, -0.25) is 4.79 Å². The lowest BCUT2D eigenvalue weighted by molar-refractivity contribution is 0.0527. The lowest BCUT2D eigenvalue weighted by Gasteiger charge is -2.09. The number of rotatable bonds is 7. The van der Waals surface area contributed by atoms with E-state index in [9.17, 15) is 9.59 Å². The molecule has 0 atom stereocenters. The van der Waals surface area contributed by atoms with Crippen molar-refractivity contribution in [3.05, 3.63) is 86.7 Å². The summed E-state index contributed by atoms with van der Waals surface area (Å²) in [6, 6.07) is 17.4. The van der Waals surface area contributed by atoms with Crippen molar-refractivity contribution in [1.29, 1.82) is 0 Å². The second-order valence-corrected chi connectivity index (χ2v) is 11.3. The van der Waals surface area contributed by atoms with Crippen LogP contribution in [0.15, 0.2) is 54.6 Å². The summed E-state index contributed by atoms with van der Waals surface area (Å²) in [6.07, 6.45) is 0.484. The van der Waals surface area contributed by atoms with Gasteiger partial charge in [-0.05, 0) is 68.7 Å². The number of nitrogens with zero attached hydrogens (tertiary/aromatic N) is 2. The molecule has 0 fully saturated rings. The van der Waals surface area contributed by atoms with Crippen LogP contribution in [0, 0.1) is 13.8 Å². The van der Waals surface area contributed by atoms with Gasteiger partial charge in [0, 0.05) is 10.3 Å². The first kappa shape index (κ1) is 25.1. The third-order valence-corrected chi connectivity index (χ3v) is 8.67. The van der Waals surface area contributed by atoms with Gasteiger partial charge < -0.3 is 19.5 Å². The maximum Gasteiger partial charge on any atom is 0.341 e. The summed E-state index contributed by atoms with van der Waals surface area (Å²) < 4.78 is 18.2. The third-order valence-electron chi connectivity index (χ3n) is 6.50. The van der Waals surface area contributed by atoms with Crippen LogP contribution in [-0.4, -0.2) is 35.1 Å². The molecule has 2 aromatic carbocycles. The minimum Gasteiger partial charge on any atom is -0.462 e. The molecule has 1 aliphatic rings. The summed E-state index contributed by atoms with van der Waals surface area (Å²) in [5, 5.41) is 9.06. The molecule has 8 nitrogen and oxygen atoms in total. The van der Waals surface area contributed by atoms with E-state index in [1.807, 2.05) is 73.1 Å². The van der Waals surface area contributed by atoms with Crippen molar-refractivity contribution in [3.8, 4) is 17.2 Å². The van der Waals surface area contributed by atoms with Gasteiger partial charge in [0.05, 0.1) is 28.4 Å². The minimum atomic E-state index is -0.459. The number of nitrogens with one attached hydrogen (secondary N) is 1. The van der Waals surface area contributed by atoms with Gasteiger partial charge in [-0.15, -0.1) is 22.7 Å². The number of esters is 1. The Kier molecular flexibility index (Phi) is 6.58. The Morgan fingerprint density at radius 2 is 1.85 bits per heavy atom. The maximum atomic E-state index is 13.5. The van der Waals surface area contributed by atoms with Crippen LogP contribution in [0.25, 0.3) is 15.9 Å². The van der Waals surface area contributed by atoms with Gasteiger partial charge in [0.25, 0.3) is 5.91 Å². The first-order valence-electron chi connectivity index (χ1n) is 12.5. The van der Waals surface area contributed by atoms with E-state index in [0.717, 1.165) is 37.6 Å². The van der Waals surface area contributed by atoms with E-state index >= 15 is 0 Å². The Balaban J connectivity index is 1.33. The predicted octanol–water partition coefficient (Wildman–Crippen LogP) is 6.51. The van der Waals surface area contributed by atoms with Crippen molar-refractivity contribution < 1.29 is 23.8 Å². The number of carbonyl (C=O) groups is 2. The van der Waals surface area contributed by atoms with Crippen molar-refractivity contribution in [1.82, 2.24) is 9.78 Å². The van der Waals surface area contributed by atoms with Gasteiger partial charge in [-0.25, -0.2) is 9.48 Å². The molecule has 198 valence electrons. The number of aryl methyl sites for hydroxylation is 2. The molecule has 5 aromatic rings. The Hall–Kier alpha value is -4.15. The molecule has 1 amide bonds. The number of amides is 1. The highest BCUT2D eigenvalue weighted by molar-refractivity contribution is 7.21. The van der Waals surface area contributed by atoms with Crippen LogP contribution in [0.4, 0.5) is 5.00 Å². The van der Waals surface area contributed by atoms with Gasteiger partial charge in [0.15, 0.2) is 11.5 Å². The van der Waals surface area contributed by atoms with Crippen molar-refractivity contribution in [2.24, 2.45) is 0 Å². The highest BCUT2D eigenvalue weighted by atomic mass is 32.1. The molecule has 1 N–H and O–H groups in total. The summed E-state index contributed by atoms with van der Waals surface area (Å²) in [6.45, 7) is 6.07. The van der Waals surface area contributed by atoms with Crippen LogP contribution in [0.2, 0.25) is 0 Å². The summed E-state index contributed by atoms with van der Waals surface area (Å²) in [5.74, 6) is 0.644. The monoisotopic (exact) mass is 559 g/mol. The molecule has 0 aliphatic carbocycles. The molecule has 39 heavy (non-hydrogen) atoms. The zero-order valence-electron chi connectivity index (χ0n) is 21.6. The molecule has 4 heterocycles. The Labute approximate surface area is 232 Å². The lowest BCUT2D eigenvalue weighted by Crippen LogP contribution is -2.14. The lowest BCUT2D eigenvalue weighted by atomic mass is 10.0. The SMILES string of the molecule is CCOC(=O)c1c(NC(=O)c2cc3c(C)nn(-c4ccccc4)c3s2)sc(C)c1Cc1ccc2c(c1)OCO2. The Morgan fingerprint density at radius 1 is 1.05 bits per heavy atom. The van der Waals surface area contributed by atoms with Gasteiger partial charge in [0.1, 0.15) is 9.83 Å². The number of hydrogen-bond donors (Lipinski definition) is 1. The van der Waals surface area contributed by atoms with Crippen LogP contribution < -0.4 is 14.8 Å². The standard InChI is InChI=1S/C29H25N3O5S2/c1-4-35-29(34)25-21(12-18-10-11-22-23(13-18)37-15-36-22)17(3)38-27(25)30-26(33)24-14-20-16(2)31-32(28(20)39-24)19-8-6-5-7-9-19/h5-11,13-14H,4,12,15H2,1-3H3,(H,30,33). The highest BCUT2D eigenvalue weighted by Gasteiger charge is 2.26. The number of benzene rings is 2. The van der Waals surface area contributed by atoms with Crippen LogP contribution in [0.3, 0.4) is 0 Å². The number of para-hydroxylation sites is 1. The zero-order chi connectivity index (χ0) is 27.1. The molecule has 0 saturated carbocycles. The number of anilines is 1. The Bertz CT molecular complexity index is 1720. The molecule has 0 spiro atoms. The molecule has 3 aromatic heterocycles. The van der Waals surface area contributed by atoms with Crippen molar-refractivity contribution in [2.75, 3.05) is 18.7 Å². The fourth-order valence-corrected chi connectivity index (χ4v) is 6.76. The molecular formula is C29H25N3O5S2. The number of ether oxygens (including phenoxy) is 3. The third kappa shape index (κ3) is 4.66. The predicted molar refractivity (Wildman–Crippen MR) is 152 cm³/mol. The Morgan fingerprint density at radius 3 is 2.64 bits per heavy atom.